The third kappa shape index (κ3) is 4.83. The highest BCUT2D eigenvalue weighted by Gasteiger charge is 2.38. The van der Waals surface area contributed by atoms with E-state index in [-0.39, 0.29) is 28.3 Å². The molecule has 5 rings (SSSR count). The summed E-state index contributed by atoms with van der Waals surface area (Å²) >= 11 is 0. The van der Waals surface area contributed by atoms with E-state index in [2.05, 4.69) is 0 Å². The fraction of sp³-hybridized carbons (Fsp3) is 0.600. The van der Waals surface area contributed by atoms with Crippen LogP contribution in [0.5, 0.6) is 5.75 Å². The molecule has 3 heterocycles. The highest BCUT2D eigenvalue weighted by molar-refractivity contribution is 7.90. The molecule has 190 valence electrons. The molecule has 9 nitrogen and oxygen atoms in total. The summed E-state index contributed by atoms with van der Waals surface area (Å²) in [4.78, 5) is 17.5. The predicted octanol–water partition coefficient (Wildman–Crippen LogP) is 2.76. The van der Waals surface area contributed by atoms with Crippen molar-refractivity contribution in [2.75, 3.05) is 53.6 Å². The molecule has 10 heteroatoms. The standard InChI is InChI=1S/C25H34N4O5S/c1-27(2)10-15-34-19-8-9-20-22(16-19)35(31,32)17-21-23(25(30)28-11-13-33-14-12-28)26-29(24(20)21)18-6-4-3-5-7-18/h8-9,16,18H,3-7,10-15,17H2,1-2H3. The number of rotatable bonds is 6. The Balaban J connectivity index is 1.59. The van der Waals surface area contributed by atoms with Crippen LogP contribution in [-0.2, 0) is 20.3 Å². The van der Waals surface area contributed by atoms with E-state index in [0.29, 0.717) is 49.8 Å². The normalized spacial score (nSPS) is 19.9. The highest BCUT2D eigenvalue weighted by atomic mass is 32.2. The van der Waals surface area contributed by atoms with Crippen molar-refractivity contribution in [3.8, 4) is 17.0 Å². The summed E-state index contributed by atoms with van der Waals surface area (Å²) in [6.07, 6.45) is 5.37. The Morgan fingerprint density at radius 3 is 2.63 bits per heavy atom. The Kier molecular flexibility index (Phi) is 6.87. The fourth-order valence-corrected chi connectivity index (χ4v) is 6.83. The lowest BCUT2D eigenvalue weighted by atomic mass is 9.95. The van der Waals surface area contributed by atoms with Crippen molar-refractivity contribution >= 4 is 15.7 Å². The minimum Gasteiger partial charge on any atom is -0.492 e. The van der Waals surface area contributed by atoms with Crippen molar-refractivity contribution in [1.82, 2.24) is 19.6 Å². The zero-order chi connectivity index (χ0) is 24.6. The van der Waals surface area contributed by atoms with Gasteiger partial charge in [0, 0.05) is 30.8 Å². The SMILES string of the molecule is CN(C)CCOc1ccc2c(c1)S(=O)(=O)Cc1c(C(=O)N3CCOCC3)nn(C3CCCCC3)c1-2. The molecule has 1 saturated carbocycles. The van der Waals surface area contributed by atoms with E-state index in [1.54, 1.807) is 11.0 Å². The summed E-state index contributed by atoms with van der Waals surface area (Å²) in [6, 6.07) is 5.43. The van der Waals surface area contributed by atoms with Crippen LogP contribution in [0, 0.1) is 0 Å². The second-order valence-corrected chi connectivity index (χ2v) is 11.8. The van der Waals surface area contributed by atoms with Crippen LogP contribution < -0.4 is 4.74 Å². The molecular formula is C25H34N4O5S. The number of carbonyl (C=O) groups excluding carboxylic acids is 1. The Bertz CT molecular complexity index is 1190. The van der Waals surface area contributed by atoms with E-state index in [9.17, 15) is 13.2 Å². The van der Waals surface area contributed by atoms with Gasteiger partial charge in [-0.1, -0.05) is 19.3 Å². The van der Waals surface area contributed by atoms with Crippen LogP contribution in [0.2, 0.25) is 0 Å². The average Bonchev–Trinajstić information content (AvgIpc) is 3.23. The first kappa shape index (κ1) is 24.3. The van der Waals surface area contributed by atoms with Crippen LogP contribution in [0.1, 0.15) is 54.2 Å². The fourth-order valence-electron chi connectivity index (χ4n) is 5.23. The molecule has 0 N–H and O–H groups in total. The number of hydrogen-bond acceptors (Lipinski definition) is 7. The van der Waals surface area contributed by atoms with E-state index in [1.807, 2.05) is 35.8 Å². The first-order chi connectivity index (χ1) is 16.8. The molecule has 1 aromatic heterocycles. The van der Waals surface area contributed by atoms with Crippen LogP contribution in [0.15, 0.2) is 23.1 Å². The number of hydrogen-bond donors (Lipinski definition) is 0. The number of likely N-dealkylation sites (N-methyl/N-ethyl adjacent to an activating group) is 1. The van der Waals surface area contributed by atoms with Crippen LogP contribution >= 0.6 is 0 Å². The minimum absolute atomic E-state index is 0.161. The van der Waals surface area contributed by atoms with Crippen molar-refractivity contribution in [1.29, 1.82) is 0 Å². The summed E-state index contributed by atoms with van der Waals surface area (Å²) < 4.78 is 40.1. The second kappa shape index (κ2) is 9.91. The van der Waals surface area contributed by atoms with Crippen LogP contribution in [0.4, 0.5) is 0 Å². The number of fused-ring (bicyclic) bond motifs is 3. The average molecular weight is 503 g/mol. The van der Waals surface area contributed by atoms with Gasteiger partial charge in [0.15, 0.2) is 15.5 Å². The molecule has 0 unspecified atom stereocenters. The number of carbonyl (C=O) groups is 1. The Morgan fingerprint density at radius 1 is 1.17 bits per heavy atom. The molecular weight excluding hydrogens is 468 g/mol. The van der Waals surface area contributed by atoms with E-state index < -0.39 is 9.84 Å². The van der Waals surface area contributed by atoms with Crippen molar-refractivity contribution < 1.29 is 22.7 Å². The topological polar surface area (TPSA) is 94.0 Å². The predicted molar refractivity (Wildman–Crippen MR) is 131 cm³/mol. The zero-order valence-electron chi connectivity index (χ0n) is 20.5. The first-order valence-corrected chi connectivity index (χ1v) is 14.1. The van der Waals surface area contributed by atoms with Gasteiger partial charge < -0.3 is 19.3 Å². The molecule has 2 fully saturated rings. The summed E-state index contributed by atoms with van der Waals surface area (Å²) in [5.74, 6) is 0.0987. The van der Waals surface area contributed by atoms with Gasteiger partial charge in [-0.3, -0.25) is 9.48 Å². The van der Waals surface area contributed by atoms with Gasteiger partial charge in [-0.05, 0) is 45.1 Å². The van der Waals surface area contributed by atoms with Gasteiger partial charge in [-0.25, -0.2) is 8.42 Å². The van der Waals surface area contributed by atoms with Crippen molar-refractivity contribution in [2.45, 2.75) is 48.8 Å². The third-order valence-corrected chi connectivity index (χ3v) is 8.79. The summed E-state index contributed by atoms with van der Waals surface area (Å²) in [7, 11) is 0.263. The van der Waals surface area contributed by atoms with Crippen LogP contribution in [-0.4, -0.2) is 87.5 Å². The van der Waals surface area contributed by atoms with Crippen molar-refractivity contribution in [3.63, 3.8) is 0 Å². The molecule has 1 amide bonds. The molecule has 35 heavy (non-hydrogen) atoms. The van der Waals surface area contributed by atoms with Crippen molar-refractivity contribution in [2.24, 2.45) is 0 Å². The smallest absolute Gasteiger partial charge is 0.274 e. The zero-order valence-corrected chi connectivity index (χ0v) is 21.3. The van der Waals surface area contributed by atoms with Gasteiger partial charge in [-0.2, -0.15) is 5.10 Å². The summed E-state index contributed by atoms with van der Waals surface area (Å²) in [5.41, 5.74) is 2.19. The lowest BCUT2D eigenvalue weighted by Crippen LogP contribution is -2.41. The van der Waals surface area contributed by atoms with E-state index >= 15 is 0 Å². The van der Waals surface area contributed by atoms with Gasteiger partial charge in [0.2, 0.25) is 0 Å². The van der Waals surface area contributed by atoms with Crippen LogP contribution in [0.3, 0.4) is 0 Å². The Morgan fingerprint density at radius 2 is 1.91 bits per heavy atom. The maximum absolute atomic E-state index is 13.5. The first-order valence-electron chi connectivity index (χ1n) is 12.5. The Labute approximate surface area is 206 Å². The molecule has 3 aliphatic rings. The van der Waals surface area contributed by atoms with Gasteiger partial charge in [0.25, 0.3) is 5.91 Å². The number of aromatic nitrogens is 2. The van der Waals surface area contributed by atoms with Gasteiger partial charge in [0.05, 0.1) is 35.6 Å². The summed E-state index contributed by atoms with van der Waals surface area (Å²) in [6.45, 7) is 3.14. The maximum atomic E-state index is 13.5. The molecule has 0 atom stereocenters. The number of amides is 1. The van der Waals surface area contributed by atoms with E-state index in [0.717, 1.165) is 37.9 Å². The molecule has 0 spiro atoms. The lowest BCUT2D eigenvalue weighted by Gasteiger charge is -2.27. The second-order valence-electron chi connectivity index (χ2n) is 9.89. The van der Waals surface area contributed by atoms with Gasteiger partial charge in [0.1, 0.15) is 12.4 Å². The summed E-state index contributed by atoms with van der Waals surface area (Å²) in [5, 5.41) is 4.83. The van der Waals surface area contributed by atoms with E-state index in [4.69, 9.17) is 14.6 Å². The van der Waals surface area contributed by atoms with Crippen LogP contribution in [0.25, 0.3) is 11.3 Å². The van der Waals surface area contributed by atoms with E-state index in [1.165, 1.54) is 6.42 Å². The number of sulfone groups is 1. The number of morpholine rings is 1. The monoisotopic (exact) mass is 502 g/mol. The molecule has 1 aliphatic carbocycles. The van der Waals surface area contributed by atoms with Gasteiger partial charge in [-0.15, -0.1) is 0 Å². The molecule has 1 aromatic carbocycles. The molecule has 0 bridgehead atoms. The minimum atomic E-state index is -3.66. The molecule has 2 aliphatic heterocycles. The van der Waals surface area contributed by atoms with Crippen molar-refractivity contribution in [3.05, 3.63) is 29.5 Å². The molecule has 1 saturated heterocycles. The quantitative estimate of drug-likeness (QED) is 0.600. The highest BCUT2D eigenvalue weighted by Crippen LogP contribution is 2.44. The number of ether oxygens (including phenoxy) is 2. The third-order valence-electron chi connectivity index (χ3n) is 7.11. The van der Waals surface area contributed by atoms with Gasteiger partial charge >= 0.3 is 0 Å². The molecule has 2 aromatic rings. The lowest BCUT2D eigenvalue weighted by molar-refractivity contribution is 0.0297. The largest absolute Gasteiger partial charge is 0.492 e. The Hall–Kier alpha value is -2.43. The number of nitrogens with zero attached hydrogens (tertiary/aromatic N) is 4. The number of benzene rings is 1. The molecule has 0 radical (unpaired) electrons. The maximum Gasteiger partial charge on any atom is 0.274 e.